The van der Waals surface area contributed by atoms with Gasteiger partial charge in [-0.3, -0.25) is 71.9 Å². The van der Waals surface area contributed by atoms with Gasteiger partial charge in [0, 0.05) is 55.3 Å². The van der Waals surface area contributed by atoms with Crippen molar-refractivity contribution in [1.29, 1.82) is 0 Å². The molecule has 0 bridgehead atoms. The van der Waals surface area contributed by atoms with Gasteiger partial charge >= 0.3 is 5.97 Å². The van der Waals surface area contributed by atoms with Crippen molar-refractivity contribution in [1.82, 2.24) is 71.5 Å². The van der Waals surface area contributed by atoms with E-state index in [4.69, 9.17) is 17.2 Å². The highest BCUT2D eigenvalue weighted by Gasteiger charge is 2.38. The van der Waals surface area contributed by atoms with Gasteiger partial charge in [0.25, 0.3) is 0 Å². The van der Waals surface area contributed by atoms with Crippen molar-refractivity contribution >= 4 is 88.7 Å². The number of benzene rings is 2. The minimum atomic E-state index is -1.26. The molecular formula is C66H103N17O17. The van der Waals surface area contributed by atoms with E-state index in [-0.39, 0.29) is 69.8 Å². The molecule has 100 heavy (non-hydrogen) atoms. The van der Waals surface area contributed by atoms with E-state index in [0.717, 1.165) is 29.4 Å². The number of nitrogens with two attached hydrogens (primary N) is 3. The number of ether oxygens (including phenoxy) is 1. The van der Waals surface area contributed by atoms with Gasteiger partial charge in [-0.05, 0) is 106 Å². The van der Waals surface area contributed by atoms with Gasteiger partial charge in [0.05, 0.1) is 65.5 Å². The number of amides is 14. The van der Waals surface area contributed by atoms with Crippen LogP contribution < -0.4 is 54.4 Å². The molecule has 0 aromatic heterocycles. The topological polar surface area (TPSA) is 470 Å². The fourth-order valence-corrected chi connectivity index (χ4v) is 10.3. The highest BCUT2D eigenvalue weighted by Crippen LogP contribution is 2.19. The van der Waals surface area contributed by atoms with Crippen LogP contribution in [-0.4, -0.2) is 292 Å². The highest BCUT2D eigenvalue weighted by atomic mass is 16.5. The summed E-state index contributed by atoms with van der Waals surface area (Å²) in [4.78, 5) is 208. The molecule has 1 aliphatic heterocycles. The van der Waals surface area contributed by atoms with Crippen LogP contribution in [0, 0.1) is 5.92 Å². The molecule has 0 radical (unpaired) electrons. The number of phenolic OH excluding ortho intramolecular Hbond substituents is 1. The first-order valence-electron chi connectivity index (χ1n) is 33.1. The van der Waals surface area contributed by atoms with Gasteiger partial charge in [0.2, 0.25) is 82.7 Å². The zero-order chi connectivity index (χ0) is 74.8. The maximum absolute atomic E-state index is 14.1. The van der Waals surface area contributed by atoms with Crippen molar-refractivity contribution in [3.05, 3.63) is 65.7 Å². The van der Waals surface area contributed by atoms with Crippen LogP contribution in [0.4, 0.5) is 0 Å². The molecule has 6 atom stereocenters. The van der Waals surface area contributed by atoms with E-state index in [2.05, 4.69) is 42.0 Å². The lowest BCUT2D eigenvalue weighted by Crippen LogP contribution is -2.57. The second-order valence-electron chi connectivity index (χ2n) is 25.1. The number of carbonyl (C=O) groups is 15. The third-order valence-electron chi connectivity index (χ3n) is 16.2. The number of unbranched alkanes of at least 4 members (excludes halogenated alkanes) is 2. The number of likely N-dealkylation sites (N-methyl/N-ethyl adjacent to an activating group) is 6. The van der Waals surface area contributed by atoms with Crippen LogP contribution in [-0.2, 0) is 89.5 Å². The normalized spacial score (nSPS) is 13.9. The molecule has 554 valence electrons. The Hall–Kier alpha value is -9.83. The van der Waals surface area contributed by atoms with E-state index in [9.17, 15) is 77.0 Å². The largest absolute Gasteiger partial charge is 0.508 e. The summed E-state index contributed by atoms with van der Waals surface area (Å²) in [6, 6.07) is 7.89. The van der Waals surface area contributed by atoms with Crippen molar-refractivity contribution in [2.75, 3.05) is 128 Å². The number of hydrogen-bond acceptors (Lipinski definition) is 20. The smallest absolute Gasteiger partial charge is 0.325 e. The number of esters is 1. The SMILES string of the molecule is COC(=O)CN(C)C(=O)CN(C)C(=O)CN(C)C(=O)[C@H](CCCCN)NC(=O)CN(C)C(=O)CN(C)C(=O)CN(C)C(=O)[C@H](CCCCN)NC(=O)[C@@H]1CCCN1C(=O)CNC(=O)[C@H](CC(C)C)NC(=O)[C@H](Cc1ccccc1)NC(=O)CNC(=O)CNC(=O)[C@@H](N)Cc1ccc(O)cc1. The molecule has 0 aliphatic carbocycles. The summed E-state index contributed by atoms with van der Waals surface area (Å²) in [5.74, 6) is -10.3. The molecule has 0 spiro atoms. The molecule has 0 saturated carbocycles. The van der Waals surface area contributed by atoms with Gasteiger partial charge < -0.3 is 98.6 Å². The first kappa shape index (κ1) is 84.4. The molecule has 1 aliphatic rings. The number of hydrogen-bond donors (Lipinski definition) is 11. The maximum Gasteiger partial charge on any atom is 0.325 e. The molecule has 3 rings (SSSR count). The Bertz CT molecular complexity index is 3120. The third-order valence-corrected chi connectivity index (χ3v) is 16.2. The average Bonchev–Trinajstić information content (AvgIpc) is 1.63. The van der Waals surface area contributed by atoms with E-state index < -0.39 is 177 Å². The molecule has 34 heteroatoms. The van der Waals surface area contributed by atoms with E-state index >= 15 is 0 Å². The molecule has 0 unspecified atom stereocenters. The summed E-state index contributed by atoms with van der Waals surface area (Å²) in [5, 5.41) is 27.6. The zero-order valence-electron chi connectivity index (χ0n) is 58.8. The van der Waals surface area contributed by atoms with E-state index in [1.165, 1.54) is 66.4 Å². The summed E-state index contributed by atoms with van der Waals surface area (Å²) >= 11 is 0. The van der Waals surface area contributed by atoms with Gasteiger partial charge in [0.1, 0.15) is 42.5 Å². The number of rotatable bonds is 42. The lowest BCUT2D eigenvalue weighted by Gasteiger charge is -2.29. The quantitative estimate of drug-likeness (QED) is 0.0219. The van der Waals surface area contributed by atoms with Gasteiger partial charge in [-0.25, -0.2) is 0 Å². The van der Waals surface area contributed by atoms with Gasteiger partial charge in [0.15, 0.2) is 0 Å². The van der Waals surface area contributed by atoms with Crippen molar-refractivity contribution in [3.8, 4) is 5.75 Å². The molecule has 14 amide bonds. The molecule has 34 nitrogen and oxygen atoms in total. The van der Waals surface area contributed by atoms with Crippen molar-refractivity contribution in [2.45, 2.75) is 121 Å². The van der Waals surface area contributed by atoms with E-state index in [1.54, 1.807) is 42.5 Å². The summed E-state index contributed by atoms with van der Waals surface area (Å²) in [7, 11) is 9.17. The second-order valence-corrected chi connectivity index (χ2v) is 25.1. The standard InChI is InChI=1S/C66H103N17O17/c1-42(2)30-49(76-63(96)50(32-43-18-11-10-12-19-43)74-53(86)34-70-52(85)33-71-61(94)46(69)31-44-23-25-45(84)26-24-44)62(95)72-35-55(88)83-29-17-22-51(83)64(97)75-48(21-14-16-28-68)66(99)82(8)40-59(92)78(4)37-56(89)77(3)36-54(87)73-47(20-13-15-27-67)65(98)81(7)39-58(91)79(5)38-57(90)80(6)41-60(93)100-9/h10-12,18-19,23-26,42,46-51,84H,13-17,20-22,27-41,67-69H2,1-9H3,(H,70,85)(H,71,94)(H,72,95)(H,73,87)(H,74,86)(H,75,97)(H,76,96)/t46-,47-,48-,49-,50-,51-/m0/s1. The number of nitrogens with one attached hydrogen (secondary N) is 7. The zero-order valence-corrected chi connectivity index (χ0v) is 58.8. The Morgan fingerprint density at radius 2 is 1.00 bits per heavy atom. The molecule has 1 saturated heterocycles. The average molecular weight is 1410 g/mol. The van der Waals surface area contributed by atoms with E-state index in [1.807, 2.05) is 13.8 Å². The van der Waals surface area contributed by atoms with Crippen molar-refractivity contribution < 1.29 is 81.8 Å². The predicted molar refractivity (Wildman–Crippen MR) is 365 cm³/mol. The summed E-state index contributed by atoms with van der Waals surface area (Å²) in [5.41, 5.74) is 18.8. The summed E-state index contributed by atoms with van der Waals surface area (Å²) in [6.07, 6.45) is 2.82. The minimum Gasteiger partial charge on any atom is -0.508 e. The van der Waals surface area contributed by atoms with Gasteiger partial charge in [-0.1, -0.05) is 56.3 Å². The van der Waals surface area contributed by atoms with Crippen LogP contribution >= 0.6 is 0 Å². The minimum absolute atomic E-state index is 0.0266. The van der Waals surface area contributed by atoms with Crippen LogP contribution in [0.5, 0.6) is 5.75 Å². The van der Waals surface area contributed by atoms with Crippen molar-refractivity contribution in [2.24, 2.45) is 23.1 Å². The predicted octanol–water partition coefficient (Wildman–Crippen LogP) is -4.99. The molecule has 2 aromatic rings. The van der Waals surface area contributed by atoms with Crippen molar-refractivity contribution in [3.63, 3.8) is 0 Å². The maximum atomic E-state index is 14.1. The molecule has 14 N–H and O–H groups in total. The fraction of sp³-hybridized carbons (Fsp3) is 0.591. The third kappa shape index (κ3) is 30.1. The fourth-order valence-electron chi connectivity index (χ4n) is 10.3. The Balaban J connectivity index is 1.60. The van der Waals surface area contributed by atoms with Crippen LogP contribution in [0.1, 0.15) is 82.8 Å². The molecule has 1 fully saturated rings. The molecular weight excluding hydrogens is 1300 g/mol. The Labute approximate surface area is 583 Å². The van der Waals surface area contributed by atoms with Gasteiger partial charge in [-0.2, -0.15) is 0 Å². The number of methoxy groups -OCH3 is 1. The molecule has 2 aromatic carbocycles. The Morgan fingerprint density at radius 1 is 0.520 bits per heavy atom. The number of nitrogens with zero attached hydrogens (tertiary/aromatic N) is 7. The second kappa shape index (κ2) is 43.5. The van der Waals surface area contributed by atoms with E-state index in [0.29, 0.717) is 49.8 Å². The van der Waals surface area contributed by atoms with Crippen LogP contribution in [0.15, 0.2) is 54.6 Å². The number of aromatic hydroxyl groups is 1. The first-order valence-corrected chi connectivity index (χ1v) is 33.1. The highest BCUT2D eigenvalue weighted by molar-refractivity contribution is 5.98. The number of phenols is 1. The van der Waals surface area contributed by atoms with Crippen LogP contribution in [0.3, 0.4) is 0 Å². The lowest BCUT2D eigenvalue weighted by molar-refractivity contribution is -0.148. The Kier molecular flexibility index (Phi) is 36.8. The van der Waals surface area contributed by atoms with Crippen LogP contribution in [0.25, 0.3) is 0 Å². The monoisotopic (exact) mass is 1410 g/mol. The number of carbonyl (C=O) groups excluding carboxylic acids is 15. The number of likely N-dealkylation sites (tertiary alicyclic amines) is 1. The summed E-state index contributed by atoms with van der Waals surface area (Å²) in [6.45, 7) is -0.200. The van der Waals surface area contributed by atoms with Gasteiger partial charge in [-0.15, -0.1) is 0 Å². The first-order chi connectivity index (χ1) is 47.3. The summed E-state index contributed by atoms with van der Waals surface area (Å²) < 4.78 is 4.57. The lowest BCUT2D eigenvalue weighted by atomic mass is 10.0. The Morgan fingerprint density at radius 3 is 1.53 bits per heavy atom. The van der Waals surface area contributed by atoms with Crippen LogP contribution in [0.2, 0.25) is 0 Å². The molecule has 1 heterocycles.